The lowest BCUT2D eigenvalue weighted by atomic mass is 10.4. The normalized spacial score (nSPS) is 13.0. The molecule has 1 aromatic rings. The molecule has 0 amide bonds. The molecule has 1 rings (SSSR count). The number of nitrogens with zero attached hydrogens (tertiary/aromatic N) is 3. The fraction of sp³-hybridized carbons (Fsp3) is 0.571. The van der Waals surface area contributed by atoms with Crippen LogP contribution in [-0.2, 0) is 6.54 Å². The van der Waals surface area contributed by atoms with E-state index in [1.54, 1.807) is 13.8 Å². The van der Waals surface area contributed by atoms with Gasteiger partial charge in [0.1, 0.15) is 11.6 Å². The number of rotatable bonds is 3. The van der Waals surface area contributed by atoms with E-state index in [4.69, 9.17) is 10.3 Å². The van der Waals surface area contributed by atoms with Crippen molar-refractivity contribution in [3.8, 4) is 0 Å². The van der Waals surface area contributed by atoms with Crippen LogP contribution < -0.4 is 5.23 Å². The van der Waals surface area contributed by atoms with Crippen molar-refractivity contribution < 1.29 is 10.3 Å². The molecule has 1 unspecified atom stereocenters. The molecule has 0 aliphatic heterocycles. The van der Waals surface area contributed by atoms with Crippen LogP contribution in [0.4, 0.5) is 5.82 Å². The topological polar surface area (TPSA) is 84.6 Å². The molecular weight excluding hydrogens is 174 g/mol. The Morgan fingerprint density at radius 2 is 2.38 bits per heavy atom. The van der Waals surface area contributed by atoms with Crippen molar-refractivity contribution in [3.63, 3.8) is 0 Å². The number of hydrogen-bond donors (Lipinski definition) is 2. The second kappa shape index (κ2) is 3.73. The molecule has 6 heteroatoms. The molecule has 1 heterocycles. The van der Waals surface area contributed by atoms with Gasteiger partial charge in [-0.2, -0.15) is 0 Å². The van der Waals surface area contributed by atoms with E-state index in [2.05, 4.69) is 4.98 Å². The molecule has 0 bridgehead atoms. The first-order chi connectivity index (χ1) is 6.02. The van der Waals surface area contributed by atoms with Crippen LogP contribution in [0.5, 0.6) is 0 Å². The highest BCUT2D eigenvalue weighted by Crippen LogP contribution is 2.14. The molecule has 6 nitrogen and oxygen atoms in total. The van der Waals surface area contributed by atoms with Gasteiger partial charge < -0.3 is 20.1 Å². The van der Waals surface area contributed by atoms with E-state index < -0.39 is 6.10 Å². The fourth-order valence-corrected chi connectivity index (χ4v) is 1.10. The lowest BCUT2D eigenvalue weighted by Gasteiger charge is -2.23. The summed E-state index contributed by atoms with van der Waals surface area (Å²) in [6.07, 6.45) is 0.664. The van der Waals surface area contributed by atoms with Crippen molar-refractivity contribution in [1.29, 1.82) is 0 Å². The number of aromatic nitrogens is 2. The Balaban J connectivity index is 2.94. The largest absolute Gasteiger partial charge is 0.732 e. The maximum absolute atomic E-state index is 10.6. The van der Waals surface area contributed by atoms with Crippen molar-refractivity contribution in [3.05, 3.63) is 17.2 Å². The molecular formula is C7H12N3O3-. The van der Waals surface area contributed by atoms with E-state index in [1.807, 2.05) is 0 Å². The van der Waals surface area contributed by atoms with Crippen LogP contribution >= 0.6 is 0 Å². The van der Waals surface area contributed by atoms with Gasteiger partial charge in [-0.05, 0) is 13.8 Å². The first-order valence-electron chi connectivity index (χ1n) is 3.88. The molecule has 0 aliphatic carbocycles. The van der Waals surface area contributed by atoms with E-state index in [0.29, 0.717) is 5.82 Å². The SMILES string of the molecule is Cc1ncc(N([O-])O)n1CC(C)O. The van der Waals surface area contributed by atoms with Crippen LogP contribution in [0.15, 0.2) is 6.20 Å². The Bertz CT molecular complexity index is 283. The zero-order valence-electron chi connectivity index (χ0n) is 7.51. The highest BCUT2D eigenvalue weighted by molar-refractivity contribution is 5.36. The summed E-state index contributed by atoms with van der Waals surface area (Å²) in [6, 6.07) is 0. The van der Waals surface area contributed by atoms with Gasteiger partial charge in [-0.25, -0.2) is 4.98 Å². The Labute approximate surface area is 75.6 Å². The lowest BCUT2D eigenvalue weighted by molar-refractivity contribution is 0.171. The number of aliphatic hydroxyl groups is 1. The first kappa shape index (κ1) is 9.97. The van der Waals surface area contributed by atoms with Crippen LogP contribution in [0.1, 0.15) is 12.7 Å². The lowest BCUT2D eigenvalue weighted by Crippen LogP contribution is -2.19. The standard InChI is InChI=1S/C7H12N3O3/c1-5(11)4-9-6(2)8-3-7(9)10(12)13/h3,5,11-12H,4H2,1-2H3/q-1. The van der Waals surface area contributed by atoms with Gasteiger partial charge in [-0.3, -0.25) is 5.21 Å². The molecule has 0 radical (unpaired) electrons. The first-order valence-corrected chi connectivity index (χ1v) is 3.88. The fourth-order valence-electron chi connectivity index (χ4n) is 1.10. The number of aryl methyl sites for hydroxylation is 1. The quantitative estimate of drug-likeness (QED) is 0.661. The smallest absolute Gasteiger partial charge is 0.142 e. The van der Waals surface area contributed by atoms with Crippen molar-refractivity contribution in [1.82, 2.24) is 9.55 Å². The highest BCUT2D eigenvalue weighted by Gasteiger charge is 2.08. The van der Waals surface area contributed by atoms with E-state index in [0.717, 1.165) is 0 Å². The van der Waals surface area contributed by atoms with Crippen molar-refractivity contribution in [2.24, 2.45) is 0 Å². The molecule has 0 aromatic carbocycles. The van der Waals surface area contributed by atoms with E-state index in [1.165, 1.54) is 10.8 Å². The van der Waals surface area contributed by atoms with Gasteiger partial charge >= 0.3 is 0 Å². The average molecular weight is 186 g/mol. The van der Waals surface area contributed by atoms with Gasteiger partial charge in [-0.1, -0.05) is 0 Å². The predicted octanol–water partition coefficient (Wildman–Crippen LogP) is 0.266. The Kier molecular flexibility index (Phi) is 2.86. The van der Waals surface area contributed by atoms with Gasteiger partial charge in [0.05, 0.1) is 18.8 Å². The zero-order valence-corrected chi connectivity index (χ0v) is 7.51. The highest BCUT2D eigenvalue weighted by atomic mass is 16.8. The molecule has 13 heavy (non-hydrogen) atoms. The summed E-state index contributed by atoms with van der Waals surface area (Å²) in [5, 5.41) is 28.1. The minimum atomic E-state index is -0.591. The Hall–Kier alpha value is -1.11. The van der Waals surface area contributed by atoms with Gasteiger partial charge in [0, 0.05) is 0 Å². The van der Waals surface area contributed by atoms with E-state index in [9.17, 15) is 5.21 Å². The predicted molar refractivity (Wildman–Crippen MR) is 46.3 cm³/mol. The van der Waals surface area contributed by atoms with Crippen LogP contribution in [-0.4, -0.2) is 26.0 Å². The van der Waals surface area contributed by atoms with E-state index >= 15 is 0 Å². The molecule has 1 atom stereocenters. The molecule has 1 aromatic heterocycles. The second-order valence-corrected chi connectivity index (χ2v) is 2.90. The summed E-state index contributed by atoms with van der Waals surface area (Å²) in [4.78, 5) is 3.84. The molecule has 0 saturated heterocycles. The monoisotopic (exact) mass is 186 g/mol. The van der Waals surface area contributed by atoms with Crippen molar-refractivity contribution in [2.75, 3.05) is 5.23 Å². The number of aliphatic hydroxyl groups excluding tert-OH is 1. The second-order valence-electron chi connectivity index (χ2n) is 2.90. The minimum Gasteiger partial charge on any atom is -0.732 e. The van der Waals surface area contributed by atoms with Crippen LogP contribution in [0.25, 0.3) is 0 Å². The van der Waals surface area contributed by atoms with Crippen LogP contribution in [0, 0.1) is 12.1 Å². The molecule has 2 N–H and O–H groups in total. The Morgan fingerprint density at radius 1 is 1.77 bits per heavy atom. The van der Waals surface area contributed by atoms with Gasteiger partial charge in [0.25, 0.3) is 0 Å². The van der Waals surface area contributed by atoms with Gasteiger partial charge in [-0.15, -0.1) is 0 Å². The van der Waals surface area contributed by atoms with Crippen LogP contribution in [0.3, 0.4) is 0 Å². The summed E-state index contributed by atoms with van der Waals surface area (Å²) in [5.41, 5.74) is 0. The molecule has 0 spiro atoms. The average Bonchev–Trinajstić information content (AvgIpc) is 2.32. The third-order valence-electron chi connectivity index (χ3n) is 1.68. The van der Waals surface area contributed by atoms with E-state index in [-0.39, 0.29) is 17.6 Å². The van der Waals surface area contributed by atoms with Crippen LogP contribution in [0.2, 0.25) is 0 Å². The Morgan fingerprint density at radius 3 is 2.85 bits per heavy atom. The van der Waals surface area contributed by atoms with Crippen molar-refractivity contribution >= 4 is 5.82 Å². The molecule has 0 fully saturated rings. The summed E-state index contributed by atoms with van der Waals surface area (Å²) in [7, 11) is 0. The summed E-state index contributed by atoms with van der Waals surface area (Å²) in [6.45, 7) is 3.52. The summed E-state index contributed by atoms with van der Waals surface area (Å²) in [5.74, 6) is 0.601. The minimum absolute atomic E-state index is 0.0263. The van der Waals surface area contributed by atoms with Crippen molar-refractivity contribution in [2.45, 2.75) is 26.5 Å². The third-order valence-corrected chi connectivity index (χ3v) is 1.68. The number of hydrogen-bond acceptors (Lipinski definition) is 5. The van der Waals surface area contributed by atoms with Gasteiger partial charge in [0.2, 0.25) is 0 Å². The maximum atomic E-state index is 10.6. The molecule has 74 valence electrons. The summed E-state index contributed by atoms with van der Waals surface area (Å²) < 4.78 is 1.44. The summed E-state index contributed by atoms with van der Waals surface area (Å²) >= 11 is 0. The maximum Gasteiger partial charge on any atom is 0.142 e. The molecule has 0 aliphatic rings. The number of imidazole rings is 1. The third kappa shape index (κ3) is 2.18. The van der Waals surface area contributed by atoms with Gasteiger partial charge in [0.15, 0.2) is 0 Å². The number of anilines is 1. The molecule has 0 saturated carbocycles. The zero-order chi connectivity index (χ0) is 10.0.